The lowest BCUT2D eigenvalue weighted by Gasteiger charge is -2.27. The van der Waals surface area contributed by atoms with Gasteiger partial charge in [0.25, 0.3) is 0 Å². The van der Waals surface area contributed by atoms with Crippen molar-refractivity contribution in [3.63, 3.8) is 0 Å². The molecule has 0 spiro atoms. The number of carboxylic acid groups (broad SMARTS) is 1. The molecular weight excluding hydrogens is 254 g/mol. The van der Waals surface area contributed by atoms with Gasteiger partial charge in [0.05, 0.1) is 11.2 Å². The van der Waals surface area contributed by atoms with Crippen LogP contribution in [0.15, 0.2) is 24.3 Å². The monoisotopic (exact) mass is 277 g/mol. The Morgan fingerprint density at radius 1 is 1.20 bits per heavy atom. The average Bonchev–Trinajstić information content (AvgIpc) is 2.64. The number of carboxylic acids is 1. The van der Waals surface area contributed by atoms with Crippen LogP contribution in [0.4, 0.5) is 0 Å². The van der Waals surface area contributed by atoms with Crippen LogP contribution in [0.3, 0.4) is 0 Å². The fourth-order valence-electron chi connectivity index (χ4n) is 2.82. The molecule has 0 aliphatic heterocycles. The third kappa shape index (κ3) is 4.32. The van der Waals surface area contributed by atoms with Crippen LogP contribution in [0.25, 0.3) is 0 Å². The predicted octanol–water partition coefficient (Wildman–Crippen LogP) is 2.56. The summed E-state index contributed by atoms with van der Waals surface area (Å²) in [6.45, 7) is 1.16. The molecule has 20 heavy (non-hydrogen) atoms. The van der Waals surface area contributed by atoms with Crippen LogP contribution in [0.2, 0.25) is 0 Å². The Morgan fingerprint density at radius 3 is 2.55 bits per heavy atom. The molecular formula is C16H23NO3. The van der Waals surface area contributed by atoms with Gasteiger partial charge in [-0.05, 0) is 30.5 Å². The summed E-state index contributed by atoms with van der Waals surface area (Å²) in [5, 5.41) is 22.7. The highest BCUT2D eigenvalue weighted by Crippen LogP contribution is 2.26. The molecule has 0 aromatic heterocycles. The fraction of sp³-hybridized carbons (Fsp3) is 0.562. The van der Waals surface area contributed by atoms with Gasteiger partial charge in [-0.2, -0.15) is 0 Å². The van der Waals surface area contributed by atoms with E-state index < -0.39 is 11.6 Å². The lowest BCUT2D eigenvalue weighted by Crippen LogP contribution is -2.39. The number of aliphatic hydroxyl groups is 1. The summed E-state index contributed by atoms with van der Waals surface area (Å²) in [5.74, 6) is -0.908. The molecule has 0 unspecified atom stereocenters. The van der Waals surface area contributed by atoms with Crippen molar-refractivity contribution in [3.05, 3.63) is 35.4 Å². The van der Waals surface area contributed by atoms with E-state index >= 15 is 0 Å². The Balaban J connectivity index is 1.85. The quantitative estimate of drug-likeness (QED) is 0.723. The summed E-state index contributed by atoms with van der Waals surface area (Å²) in [5.41, 5.74) is 0.639. The average molecular weight is 277 g/mol. The van der Waals surface area contributed by atoms with Gasteiger partial charge >= 0.3 is 5.97 Å². The van der Waals surface area contributed by atoms with Crippen LogP contribution in [0.1, 0.15) is 54.4 Å². The molecule has 1 aliphatic rings. The summed E-state index contributed by atoms with van der Waals surface area (Å²) < 4.78 is 0. The fourth-order valence-corrected chi connectivity index (χ4v) is 2.82. The topological polar surface area (TPSA) is 69.6 Å². The second-order valence-electron chi connectivity index (χ2n) is 5.75. The number of benzene rings is 1. The van der Waals surface area contributed by atoms with Crippen molar-refractivity contribution in [1.29, 1.82) is 0 Å². The van der Waals surface area contributed by atoms with E-state index in [-0.39, 0.29) is 0 Å². The molecule has 4 heteroatoms. The molecule has 1 aliphatic carbocycles. The van der Waals surface area contributed by atoms with Crippen molar-refractivity contribution in [2.75, 3.05) is 6.54 Å². The maximum atomic E-state index is 10.9. The molecule has 0 amide bonds. The lowest BCUT2D eigenvalue weighted by molar-refractivity contribution is 0.0250. The van der Waals surface area contributed by atoms with Gasteiger partial charge < -0.3 is 15.5 Å². The van der Waals surface area contributed by atoms with Crippen LogP contribution in [0.5, 0.6) is 0 Å². The third-order valence-electron chi connectivity index (χ3n) is 3.99. The highest BCUT2D eigenvalue weighted by molar-refractivity contribution is 5.87. The summed E-state index contributed by atoms with van der Waals surface area (Å²) in [4.78, 5) is 10.9. The maximum absolute atomic E-state index is 10.9. The van der Waals surface area contributed by atoms with Gasteiger partial charge in [0.1, 0.15) is 0 Å². The van der Waals surface area contributed by atoms with Gasteiger partial charge in [0.2, 0.25) is 0 Å². The molecule has 0 bridgehead atoms. The number of nitrogens with one attached hydrogen (secondary N) is 1. The van der Waals surface area contributed by atoms with Gasteiger partial charge in [0, 0.05) is 13.1 Å². The second-order valence-corrected chi connectivity index (χ2v) is 5.75. The normalized spacial score (nSPS) is 18.4. The molecule has 0 atom stereocenters. The zero-order valence-corrected chi connectivity index (χ0v) is 11.8. The number of rotatable bonds is 5. The van der Waals surface area contributed by atoms with E-state index in [9.17, 15) is 9.90 Å². The van der Waals surface area contributed by atoms with E-state index in [1.54, 1.807) is 18.2 Å². The van der Waals surface area contributed by atoms with Crippen LogP contribution in [-0.2, 0) is 6.54 Å². The number of carbonyl (C=O) groups is 1. The first-order valence-electron chi connectivity index (χ1n) is 7.34. The summed E-state index contributed by atoms with van der Waals surface area (Å²) >= 11 is 0. The van der Waals surface area contributed by atoms with Crippen molar-refractivity contribution >= 4 is 5.97 Å². The Kier molecular flexibility index (Phi) is 5.15. The molecule has 0 saturated heterocycles. The molecule has 0 radical (unpaired) electrons. The van der Waals surface area contributed by atoms with Crippen LogP contribution in [-0.4, -0.2) is 28.3 Å². The third-order valence-corrected chi connectivity index (χ3v) is 3.99. The minimum absolute atomic E-state index is 0.303. The second kappa shape index (κ2) is 6.86. The van der Waals surface area contributed by atoms with Crippen molar-refractivity contribution < 1.29 is 15.0 Å². The lowest BCUT2D eigenvalue weighted by atomic mass is 9.94. The number of hydrogen-bond donors (Lipinski definition) is 3. The molecule has 1 aromatic rings. The summed E-state index contributed by atoms with van der Waals surface area (Å²) in [6.07, 6.45) is 6.32. The Labute approximate surface area is 119 Å². The standard InChI is InChI=1S/C16H23NO3/c18-15(19)14-7-5-6-13(10-14)11-17-12-16(20)8-3-1-2-4-9-16/h5-7,10,17,20H,1-4,8-9,11-12H2,(H,18,19). The summed E-state index contributed by atoms with van der Waals surface area (Å²) in [7, 11) is 0. The van der Waals surface area contributed by atoms with Crippen molar-refractivity contribution in [2.24, 2.45) is 0 Å². The van der Waals surface area contributed by atoms with Crippen molar-refractivity contribution in [2.45, 2.75) is 50.7 Å². The summed E-state index contributed by atoms with van der Waals surface area (Å²) in [6, 6.07) is 6.91. The molecule has 2 rings (SSSR count). The maximum Gasteiger partial charge on any atom is 0.335 e. The molecule has 1 fully saturated rings. The highest BCUT2D eigenvalue weighted by atomic mass is 16.4. The molecule has 110 valence electrons. The first-order chi connectivity index (χ1) is 9.59. The molecule has 4 nitrogen and oxygen atoms in total. The van der Waals surface area contributed by atoms with Gasteiger partial charge in [-0.15, -0.1) is 0 Å². The highest BCUT2D eigenvalue weighted by Gasteiger charge is 2.27. The molecule has 1 aromatic carbocycles. The predicted molar refractivity (Wildman–Crippen MR) is 77.8 cm³/mol. The van der Waals surface area contributed by atoms with Crippen molar-refractivity contribution in [3.8, 4) is 0 Å². The van der Waals surface area contributed by atoms with E-state index in [1.165, 1.54) is 12.8 Å². The van der Waals surface area contributed by atoms with Gasteiger partial charge in [-0.25, -0.2) is 4.79 Å². The number of hydrogen-bond acceptors (Lipinski definition) is 3. The van der Waals surface area contributed by atoms with Crippen LogP contribution in [0, 0.1) is 0 Å². The van der Waals surface area contributed by atoms with Gasteiger partial charge in [0.15, 0.2) is 0 Å². The first kappa shape index (κ1) is 15.0. The number of aromatic carboxylic acids is 1. The van der Waals surface area contributed by atoms with E-state index in [1.807, 2.05) is 6.07 Å². The molecule has 1 saturated carbocycles. The van der Waals surface area contributed by atoms with Gasteiger partial charge in [-0.1, -0.05) is 37.8 Å². The Hall–Kier alpha value is -1.39. The minimum Gasteiger partial charge on any atom is -0.478 e. The van der Waals surface area contributed by atoms with E-state index in [2.05, 4.69) is 5.32 Å². The smallest absolute Gasteiger partial charge is 0.335 e. The van der Waals surface area contributed by atoms with E-state index in [0.29, 0.717) is 18.7 Å². The molecule has 0 heterocycles. The van der Waals surface area contributed by atoms with Crippen LogP contribution >= 0.6 is 0 Å². The van der Waals surface area contributed by atoms with E-state index in [4.69, 9.17) is 5.11 Å². The van der Waals surface area contributed by atoms with E-state index in [0.717, 1.165) is 31.2 Å². The molecule has 3 N–H and O–H groups in total. The Morgan fingerprint density at radius 2 is 1.90 bits per heavy atom. The Bertz CT molecular complexity index is 451. The SMILES string of the molecule is O=C(O)c1cccc(CNCC2(O)CCCCCC2)c1. The van der Waals surface area contributed by atoms with Crippen LogP contribution < -0.4 is 5.32 Å². The zero-order chi connectivity index (χ0) is 14.4. The minimum atomic E-state index is -0.908. The first-order valence-corrected chi connectivity index (χ1v) is 7.34. The van der Waals surface area contributed by atoms with Gasteiger partial charge in [-0.3, -0.25) is 0 Å². The van der Waals surface area contributed by atoms with Crippen molar-refractivity contribution in [1.82, 2.24) is 5.32 Å². The zero-order valence-electron chi connectivity index (χ0n) is 11.8. The largest absolute Gasteiger partial charge is 0.478 e.